The number of sulfonamides is 1. The maximum atomic E-state index is 14.0. The fourth-order valence-electron chi connectivity index (χ4n) is 4.95. The minimum absolute atomic E-state index is 0.0107. The Morgan fingerprint density at radius 1 is 0.932 bits per heavy atom. The van der Waals surface area contributed by atoms with Crippen LogP contribution in [0.1, 0.15) is 32.9 Å². The number of nitrogens with one attached hydrogen (secondary N) is 1. The summed E-state index contributed by atoms with van der Waals surface area (Å²) in [5.41, 5.74) is 7.20. The van der Waals surface area contributed by atoms with E-state index >= 15 is 0 Å². The number of aryl methyl sites for hydroxylation is 1. The Bertz CT molecular complexity index is 1920. The molecule has 0 saturated heterocycles. The van der Waals surface area contributed by atoms with E-state index in [-0.39, 0.29) is 22.7 Å². The summed E-state index contributed by atoms with van der Waals surface area (Å²) in [6.45, 7) is 3.92. The molecule has 8 nitrogen and oxygen atoms in total. The average Bonchev–Trinajstić information content (AvgIpc) is 3.32. The molecule has 1 N–H and O–H groups in total. The molecule has 0 atom stereocenters. The number of anilines is 1. The summed E-state index contributed by atoms with van der Waals surface area (Å²) < 4.78 is 36.5. The molecule has 44 heavy (non-hydrogen) atoms. The Labute approximate surface area is 262 Å². The third-order valence-electron chi connectivity index (χ3n) is 7.17. The highest BCUT2D eigenvalue weighted by Gasteiger charge is 2.28. The smallest absolute Gasteiger partial charge is 0.273 e. The van der Waals surface area contributed by atoms with Gasteiger partial charge in [-0.1, -0.05) is 66.2 Å². The first-order valence-corrected chi connectivity index (χ1v) is 15.6. The first-order valence-electron chi connectivity index (χ1n) is 13.8. The van der Waals surface area contributed by atoms with Gasteiger partial charge in [0.25, 0.3) is 15.9 Å². The van der Waals surface area contributed by atoms with Crippen molar-refractivity contribution >= 4 is 39.4 Å². The van der Waals surface area contributed by atoms with E-state index in [1.165, 1.54) is 23.5 Å². The van der Waals surface area contributed by atoms with Crippen LogP contribution in [0.5, 0.6) is 5.75 Å². The number of benzene rings is 4. The molecular weight excluding hydrogens is 596 g/mol. The lowest BCUT2D eigenvalue weighted by Gasteiger charge is -2.26. The highest BCUT2D eigenvalue weighted by Crippen LogP contribution is 2.30. The van der Waals surface area contributed by atoms with Crippen molar-refractivity contribution in [2.75, 3.05) is 11.4 Å². The summed E-state index contributed by atoms with van der Waals surface area (Å²) in [7, 11) is -2.58. The van der Waals surface area contributed by atoms with Gasteiger partial charge in [-0.25, -0.2) is 13.8 Å². The van der Waals surface area contributed by atoms with Crippen molar-refractivity contribution in [2.24, 2.45) is 5.10 Å². The van der Waals surface area contributed by atoms with Gasteiger partial charge in [-0.2, -0.15) is 5.10 Å². The fraction of sp³-hybridized carbons (Fsp3) is 0.118. The van der Waals surface area contributed by atoms with E-state index in [0.717, 1.165) is 28.2 Å². The zero-order chi connectivity index (χ0) is 31.3. The molecule has 0 aliphatic carbocycles. The molecule has 1 heterocycles. The quantitative estimate of drug-likeness (QED) is 0.135. The number of ether oxygens (including phenoxy) is 1. The van der Waals surface area contributed by atoms with Crippen LogP contribution in [-0.4, -0.2) is 32.2 Å². The lowest BCUT2D eigenvalue weighted by Crippen LogP contribution is -2.33. The minimum atomic E-state index is -4.09. The molecule has 0 bridgehead atoms. The first kappa shape index (κ1) is 30.6. The molecule has 1 amide bonds. The van der Waals surface area contributed by atoms with Crippen LogP contribution in [0.3, 0.4) is 0 Å². The first-order chi connectivity index (χ1) is 21.2. The molecule has 0 spiro atoms. The van der Waals surface area contributed by atoms with Crippen LogP contribution in [0.2, 0.25) is 5.02 Å². The number of hydrogen-bond acceptors (Lipinski definition) is 5. The summed E-state index contributed by atoms with van der Waals surface area (Å²) >= 11 is 6.44. The molecule has 0 radical (unpaired) electrons. The molecule has 4 aromatic carbocycles. The van der Waals surface area contributed by atoms with E-state index < -0.39 is 15.9 Å². The number of amides is 1. The number of para-hydroxylation sites is 2. The summed E-state index contributed by atoms with van der Waals surface area (Å²) in [6.07, 6.45) is 1.56. The van der Waals surface area contributed by atoms with Crippen LogP contribution in [0.25, 0.3) is 5.69 Å². The van der Waals surface area contributed by atoms with Gasteiger partial charge < -0.3 is 9.30 Å². The zero-order valence-corrected chi connectivity index (χ0v) is 26.0. The van der Waals surface area contributed by atoms with E-state index in [1.54, 1.807) is 42.6 Å². The van der Waals surface area contributed by atoms with Gasteiger partial charge >= 0.3 is 0 Å². The Hall–Kier alpha value is -4.86. The molecule has 1 aromatic heterocycles. The Balaban J connectivity index is 1.46. The van der Waals surface area contributed by atoms with Gasteiger partial charge in [0.1, 0.15) is 5.75 Å². The second-order valence-electron chi connectivity index (χ2n) is 10.0. The highest BCUT2D eigenvalue weighted by molar-refractivity contribution is 7.92. The number of halogens is 1. The van der Waals surface area contributed by atoms with Crippen molar-refractivity contribution < 1.29 is 17.9 Å². The molecule has 0 aliphatic rings. The predicted octanol–water partition coefficient (Wildman–Crippen LogP) is 6.92. The predicted molar refractivity (Wildman–Crippen MR) is 175 cm³/mol. The van der Waals surface area contributed by atoms with Gasteiger partial charge in [-0.3, -0.25) is 9.10 Å². The van der Waals surface area contributed by atoms with Gasteiger partial charge in [0.05, 0.1) is 46.7 Å². The number of nitrogens with zero attached hydrogens (tertiary/aromatic N) is 3. The largest absolute Gasteiger partial charge is 0.497 e. The molecule has 5 aromatic rings. The third-order valence-corrected chi connectivity index (χ3v) is 9.26. The fourth-order valence-corrected chi connectivity index (χ4v) is 6.64. The van der Waals surface area contributed by atoms with Crippen LogP contribution < -0.4 is 14.5 Å². The van der Waals surface area contributed by atoms with Crippen LogP contribution in [-0.2, 0) is 16.6 Å². The number of carbonyl (C=O) groups is 1. The van der Waals surface area contributed by atoms with E-state index in [0.29, 0.717) is 10.8 Å². The SMILES string of the molecule is COc1ccc(S(=O)(=O)N(Cc2ccccc2)c2ccccc2C(=O)N/N=C\c2cc(C)n(-c3ccccc3Cl)c2C)cc1. The number of hydrogen-bond donors (Lipinski definition) is 1. The van der Waals surface area contributed by atoms with Gasteiger partial charge in [0, 0.05) is 17.0 Å². The second kappa shape index (κ2) is 13.2. The molecule has 0 unspecified atom stereocenters. The van der Waals surface area contributed by atoms with Crippen molar-refractivity contribution in [2.45, 2.75) is 25.3 Å². The van der Waals surface area contributed by atoms with Gasteiger partial charge in [0.15, 0.2) is 0 Å². The van der Waals surface area contributed by atoms with E-state index in [2.05, 4.69) is 10.5 Å². The number of aromatic nitrogens is 1. The van der Waals surface area contributed by atoms with E-state index in [9.17, 15) is 13.2 Å². The maximum absolute atomic E-state index is 14.0. The normalized spacial score (nSPS) is 11.5. The average molecular weight is 627 g/mol. The van der Waals surface area contributed by atoms with E-state index in [1.807, 2.05) is 79.1 Å². The van der Waals surface area contributed by atoms with Crippen molar-refractivity contribution in [1.29, 1.82) is 0 Å². The zero-order valence-electron chi connectivity index (χ0n) is 24.4. The number of methoxy groups -OCH3 is 1. The van der Waals surface area contributed by atoms with Gasteiger partial charge in [-0.05, 0) is 74.0 Å². The number of rotatable bonds is 10. The Morgan fingerprint density at radius 2 is 1.59 bits per heavy atom. The van der Waals surface area contributed by atoms with E-state index in [4.69, 9.17) is 16.3 Å². The number of hydrazone groups is 1. The lowest BCUT2D eigenvalue weighted by atomic mass is 10.1. The van der Waals surface area contributed by atoms with Crippen LogP contribution in [0.15, 0.2) is 119 Å². The van der Waals surface area contributed by atoms with Crippen molar-refractivity contribution in [1.82, 2.24) is 9.99 Å². The third kappa shape index (κ3) is 6.39. The summed E-state index contributed by atoms with van der Waals surface area (Å²) in [5.74, 6) is -0.0245. The Kier molecular flexibility index (Phi) is 9.18. The highest BCUT2D eigenvalue weighted by atomic mass is 35.5. The Morgan fingerprint density at radius 3 is 2.30 bits per heavy atom. The van der Waals surface area contributed by atoms with Crippen LogP contribution in [0, 0.1) is 13.8 Å². The summed E-state index contributed by atoms with van der Waals surface area (Å²) in [6, 6.07) is 31.4. The molecule has 224 valence electrons. The van der Waals surface area contributed by atoms with Crippen molar-refractivity contribution in [3.63, 3.8) is 0 Å². The lowest BCUT2D eigenvalue weighted by molar-refractivity contribution is 0.0955. The molecule has 0 saturated carbocycles. The number of carbonyl (C=O) groups excluding carboxylic acids is 1. The molecule has 0 aliphatic heterocycles. The summed E-state index contributed by atoms with van der Waals surface area (Å²) in [4.78, 5) is 13.6. The van der Waals surface area contributed by atoms with Crippen LogP contribution >= 0.6 is 11.6 Å². The second-order valence-corrected chi connectivity index (χ2v) is 12.3. The maximum Gasteiger partial charge on any atom is 0.273 e. The van der Waals surface area contributed by atoms with Crippen molar-refractivity contribution in [3.8, 4) is 11.4 Å². The van der Waals surface area contributed by atoms with Crippen molar-refractivity contribution in [3.05, 3.63) is 142 Å². The van der Waals surface area contributed by atoms with Gasteiger partial charge in [0.2, 0.25) is 0 Å². The molecular formula is C34H31ClN4O4S. The van der Waals surface area contributed by atoms with Gasteiger partial charge in [-0.15, -0.1) is 0 Å². The minimum Gasteiger partial charge on any atom is -0.497 e. The monoisotopic (exact) mass is 626 g/mol. The van der Waals surface area contributed by atoms with Crippen LogP contribution in [0.4, 0.5) is 5.69 Å². The standard InChI is InChI=1S/C34H31ClN4O4S/c1-24-21-27(25(2)39(24)33-16-10-8-14-31(33)35)22-36-37-34(40)30-13-7-9-15-32(30)38(23-26-11-5-4-6-12-26)44(41,42)29-19-17-28(43-3)18-20-29/h4-22H,23H2,1-3H3,(H,37,40)/b36-22-. The topological polar surface area (TPSA) is 93.0 Å². The molecule has 10 heteroatoms. The summed E-state index contributed by atoms with van der Waals surface area (Å²) in [5, 5.41) is 4.84. The molecule has 0 fully saturated rings. The molecule has 5 rings (SSSR count).